The number of aromatic hydroxyl groups is 1. The smallest absolute Gasteiger partial charge is 0.251 e. The number of benzene rings is 2. The number of aryl methyl sites for hydroxylation is 1. The average Bonchev–Trinajstić information content (AvgIpc) is 3.78. The summed E-state index contributed by atoms with van der Waals surface area (Å²) in [4.78, 5) is 38.3. The van der Waals surface area contributed by atoms with Gasteiger partial charge in [-0.1, -0.05) is 6.07 Å². The van der Waals surface area contributed by atoms with Crippen LogP contribution in [0.2, 0.25) is 0 Å². The zero-order valence-electron chi connectivity index (χ0n) is 23.2. The number of hydrogen-bond acceptors (Lipinski definition) is 8. The van der Waals surface area contributed by atoms with Crippen molar-refractivity contribution in [3.8, 4) is 41.0 Å². The predicted molar refractivity (Wildman–Crippen MR) is 164 cm³/mol. The minimum Gasteiger partial charge on any atom is -0.507 e. The number of terminal acetylenes is 1. The molecule has 11 heteroatoms. The van der Waals surface area contributed by atoms with Crippen LogP contribution < -0.4 is 11.1 Å². The van der Waals surface area contributed by atoms with E-state index in [1.165, 1.54) is 18.2 Å². The number of hydrogen-bond donors (Lipinski definition) is 3. The fourth-order valence-electron chi connectivity index (χ4n) is 5.56. The van der Waals surface area contributed by atoms with E-state index in [4.69, 9.17) is 22.1 Å². The second kappa shape index (κ2) is 10.5. The van der Waals surface area contributed by atoms with E-state index in [1.54, 1.807) is 29.2 Å². The monoisotopic (exact) mass is 580 g/mol. The first-order valence-electron chi connectivity index (χ1n) is 13.8. The molecule has 0 spiro atoms. The first kappa shape index (κ1) is 26.6. The number of amides is 1. The summed E-state index contributed by atoms with van der Waals surface area (Å²) in [5.41, 5.74) is 12.0. The van der Waals surface area contributed by atoms with Gasteiger partial charge in [0.1, 0.15) is 22.8 Å². The Bertz CT molecular complexity index is 2160. The maximum atomic E-state index is 13.0. The molecule has 4 N–H and O–H groups in total. The Kier molecular flexibility index (Phi) is 6.36. The van der Waals surface area contributed by atoms with Gasteiger partial charge in [-0.3, -0.25) is 14.2 Å². The molecule has 0 fully saturated rings. The van der Waals surface area contributed by atoms with Crippen LogP contribution in [0.25, 0.3) is 34.1 Å². The molecule has 44 heavy (non-hydrogen) atoms. The van der Waals surface area contributed by atoms with Gasteiger partial charge in [0.05, 0.1) is 17.2 Å². The summed E-state index contributed by atoms with van der Waals surface area (Å²) >= 11 is 0. The van der Waals surface area contributed by atoms with Crippen molar-refractivity contribution in [3.05, 3.63) is 107 Å². The molecule has 1 aliphatic rings. The zero-order valence-corrected chi connectivity index (χ0v) is 23.2. The zero-order chi connectivity index (χ0) is 30.4. The number of fused-ring (bicyclic) bond motifs is 2. The normalized spacial score (nSPS) is 13.8. The minimum absolute atomic E-state index is 0.0625. The molecule has 6 aromatic rings. The van der Waals surface area contributed by atoms with Crippen LogP contribution in [0.4, 0.5) is 5.82 Å². The number of imidazole rings is 1. The number of phenolic OH excluding ortho intramolecular Hbond substituents is 1. The highest BCUT2D eigenvalue weighted by molar-refractivity contribution is 5.96. The number of aldehydes is 1. The number of anilines is 1. The molecule has 2 aromatic carbocycles. The van der Waals surface area contributed by atoms with Crippen LogP contribution in [0, 0.1) is 12.3 Å². The molecule has 0 radical (unpaired) electrons. The van der Waals surface area contributed by atoms with Crippen LogP contribution in [0.15, 0.2) is 79.1 Å². The van der Waals surface area contributed by atoms with Gasteiger partial charge in [-0.25, -0.2) is 19.6 Å². The Balaban J connectivity index is 1.29. The Hall–Kier alpha value is -6.28. The highest BCUT2D eigenvalue weighted by atomic mass is 16.3. The summed E-state index contributed by atoms with van der Waals surface area (Å²) in [5.74, 6) is 3.53. The van der Waals surface area contributed by atoms with E-state index < -0.39 is 0 Å². The van der Waals surface area contributed by atoms with Crippen LogP contribution in [0.5, 0.6) is 5.75 Å². The summed E-state index contributed by atoms with van der Waals surface area (Å²) in [6, 6.07) is 19.1. The molecule has 0 saturated heterocycles. The van der Waals surface area contributed by atoms with Gasteiger partial charge < -0.3 is 16.2 Å². The molecule has 214 valence electrons. The molecular formula is C33H24N8O3. The van der Waals surface area contributed by atoms with E-state index in [9.17, 15) is 14.7 Å². The van der Waals surface area contributed by atoms with E-state index in [-0.39, 0.29) is 23.3 Å². The molecule has 7 rings (SSSR count). The van der Waals surface area contributed by atoms with E-state index in [0.717, 1.165) is 23.2 Å². The lowest BCUT2D eigenvalue weighted by Crippen LogP contribution is -2.27. The van der Waals surface area contributed by atoms with E-state index >= 15 is 0 Å². The van der Waals surface area contributed by atoms with Crippen LogP contribution >= 0.6 is 0 Å². The van der Waals surface area contributed by atoms with Crippen molar-refractivity contribution in [2.24, 2.45) is 0 Å². The third-order valence-electron chi connectivity index (χ3n) is 7.73. The van der Waals surface area contributed by atoms with Crippen molar-refractivity contribution in [1.82, 2.24) is 34.6 Å². The Labute approximate surface area is 251 Å². The number of nitrogens with zero attached hydrogens (tertiary/aromatic N) is 6. The molecular weight excluding hydrogens is 556 g/mol. The Morgan fingerprint density at radius 2 is 2.00 bits per heavy atom. The molecule has 1 aliphatic carbocycles. The molecule has 0 bridgehead atoms. The van der Waals surface area contributed by atoms with E-state index in [0.29, 0.717) is 58.2 Å². The largest absolute Gasteiger partial charge is 0.507 e. The Morgan fingerprint density at radius 1 is 1.11 bits per heavy atom. The number of carbonyl (C=O) groups excluding carboxylic acids is 2. The lowest BCUT2D eigenvalue weighted by Gasteiger charge is -2.16. The number of phenols is 1. The quantitative estimate of drug-likeness (QED) is 0.196. The van der Waals surface area contributed by atoms with Gasteiger partial charge in [0.25, 0.3) is 5.91 Å². The van der Waals surface area contributed by atoms with Crippen molar-refractivity contribution < 1.29 is 14.7 Å². The first-order chi connectivity index (χ1) is 21.4. The van der Waals surface area contributed by atoms with Crippen molar-refractivity contribution in [1.29, 1.82) is 0 Å². The number of rotatable bonds is 6. The number of pyridine rings is 2. The highest BCUT2D eigenvalue weighted by Gasteiger charge is 2.26. The van der Waals surface area contributed by atoms with Crippen molar-refractivity contribution in [3.63, 3.8) is 0 Å². The number of nitrogens with two attached hydrogens (primary N) is 1. The van der Waals surface area contributed by atoms with E-state index in [2.05, 4.69) is 27.4 Å². The van der Waals surface area contributed by atoms with Crippen molar-refractivity contribution in [2.75, 3.05) is 5.73 Å². The number of nitrogen functional groups attached to an aromatic ring is 1. The second-order valence-electron chi connectivity index (χ2n) is 10.3. The number of carbonyl (C=O) groups is 2. The average molecular weight is 581 g/mol. The van der Waals surface area contributed by atoms with E-state index in [1.807, 2.05) is 34.9 Å². The Morgan fingerprint density at radius 3 is 2.80 bits per heavy atom. The molecule has 0 saturated carbocycles. The van der Waals surface area contributed by atoms with Gasteiger partial charge in [0.2, 0.25) is 0 Å². The fraction of sp³-hybridized carbons (Fsp3) is 0.0909. The number of nitrogens with one attached hydrogen (secondary N) is 1. The SMILES string of the molecule is C#Cc1ccn(-c2ccc3nc(-c4cccnc4N)n(-c4ccc5c(c4)CC[C@@H]5NC(=O)c4ccc(O)c(C=O)c4)c3n2)n1. The number of aromatic nitrogens is 6. The van der Waals surface area contributed by atoms with Gasteiger partial charge in [-0.2, -0.15) is 5.10 Å². The van der Waals surface area contributed by atoms with Crippen LogP contribution in [-0.2, 0) is 6.42 Å². The minimum atomic E-state index is -0.326. The maximum absolute atomic E-state index is 13.0. The molecule has 1 atom stereocenters. The van der Waals surface area contributed by atoms with Crippen molar-refractivity contribution in [2.45, 2.75) is 18.9 Å². The van der Waals surface area contributed by atoms with Crippen LogP contribution in [0.3, 0.4) is 0 Å². The summed E-state index contributed by atoms with van der Waals surface area (Å²) < 4.78 is 3.56. The van der Waals surface area contributed by atoms with Gasteiger partial charge in [0, 0.05) is 23.6 Å². The lowest BCUT2D eigenvalue weighted by atomic mass is 10.1. The van der Waals surface area contributed by atoms with Gasteiger partial charge >= 0.3 is 0 Å². The molecule has 4 heterocycles. The topological polar surface area (TPSA) is 154 Å². The summed E-state index contributed by atoms with van der Waals surface area (Å²) in [6.07, 6.45) is 10.9. The van der Waals surface area contributed by atoms with Gasteiger partial charge in [-0.05, 0) is 90.6 Å². The standard InChI is InChI=1S/C33H24N8O3/c1-2-22-13-15-40(39-22)29-12-10-27-32(38-29)41(31(36-27)25-4-3-14-35-30(25)34)23-7-8-24-19(17-23)5-9-26(24)37-33(44)20-6-11-28(43)21(16-20)18-42/h1,3-4,6-8,10-18,26,43H,5,9H2,(H2,34,35)(H,37,44)/t26-/m0/s1. The predicted octanol–water partition coefficient (Wildman–Crippen LogP) is 4.17. The van der Waals surface area contributed by atoms with Crippen LogP contribution in [0.1, 0.15) is 50.0 Å². The third kappa shape index (κ3) is 4.51. The first-order valence-corrected chi connectivity index (χ1v) is 13.8. The molecule has 11 nitrogen and oxygen atoms in total. The van der Waals surface area contributed by atoms with Crippen LogP contribution in [-0.4, -0.2) is 46.6 Å². The second-order valence-corrected chi connectivity index (χ2v) is 10.3. The molecule has 0 unspecified atom stereocenters. The van der Waals surface area contributed by atoms with Gasteiger partial charge in [-0.15, -0.1) is 6.42 Å². The fourth-order valence-corrected chi connectivity index (χ4v) is 5.56. The summed E-state index contributed by atoms with van der Waals surface area (Å²) in [6.45, 7) is 0. The molecule has 0 aliphatic heterocycles. The molecule has 1 amide bonds. The molecule has 4 aromatic heterocycles. The maximum Gasteiger partial charge on any atom is 0.251 e. The third-order valence-corrected chi connectivity index (χ3v) is 7.73. The lowest BCUT2D eigenvalue weighted by molar-refractivity contribution is 0.0936. The summed E-state index contributed by atoms with van der Waals surface area (Å²) in [5, 5.41) is 17.3. The van der Waals surface area contributed by atoms with Crippen molar-refractivity contribution >= 4 is 29.2 Å². The highest BCUT2D eigenvalue weighted by Crippen LogP contribution is 2.36. The summed E-state index contributed by atoms with van der Waals surface area (Å²) in [7, 11) is 0. The van der Waals surface area contributed by atoms with Gasteiger partial charge in [0.15, 0.2) is 23.6 Å².